The van der Waals surface area contributed by atoms with Crippen LogP contribution in [0, 0.1) is 39.0 Å². The summed E-state index contributed by atoms with van der Waals surface area (Å²) < 4.78 is 0. The lowest BCUT2D eigenvalue weighted by Crippen LogP contribution is -2.24. The van der Waals surface area contributed by atoms with Gasteiger partial charge in [-0.15, -0.1) is 0 Å². The number of carbonyl (C=O) groups excluding carboxylic acids is 1. The van der Waals surface area contributed by atoms with Crippen molar-refractivity contribution < 1.29 is 4.79 Å². The molecule has 0 unspecified atom stereocenters. The van der Waals surface area contributed by atoms with Crippen molar-refractivity contribution in [2.75, 3.05) is 5.32 Å². The first-order valence-corrected chi connectivity index (χ1v) is 10.00. The highest BCUT2D eigenvalue weighted by Gasteiger charge is 2.21. The van der Waals surface area contributed by atoms with Crippen LogP contribution in [0.15, 0.2) is 23.2 Å². The first kappa shape index (κ1) is 21.0. The van der Waals surface area contributed by atoms with E-state index < -0.39 is 0 Å². The molecule has 0 bridgehead atoms. The Bertz CT molecular complexity index is 913. The molecular formula is C22H27N3OS. The van der Waals surface area contributed by atoms with Crippen molar-refractivity contribution in [1.29, 1.82) is 5.26 Å². The van der Waals surface area contributed by atoms with Crippen molar-refractivity contribution in [1.82, 2.24) is 4.98 Å². The van der Waals surface area contributed by atoms with Crippen LogP contribution in [0.1, 0.15) is 60.2 Å². The number of carbonyl (C=O) groups is 1. The van der Waals surface area contributed by atoms with E-state index in [1.165, 1.54) is 11.8 Å². The Morgan fingerprint density at radius 2 is 1.81 bits per heavy atom. The van der Waals surface area contributed by atoms with Gasteiger partial charge in [0.1, 0.15) is 11.1 Å². The Morgan fingerprint density at radius 1 is 1.15 bits per heavy atom. The summed E-state index contributed by atoms with van der Waals surface area (Å²) in [7, 11) is 0. The number of nitriles is 1. The van der Waals surface area contributed by atoms with E-state index in [2.05, 4.69) is 30.2 Å². The van der Waals surface area contributed by atoms with Crippen LogP contribution in [0.3, 0.4) is 0 Å². The molecular weight excluding hydrogens is 354 g/mol. The number of hydrogen-bond donors (Lipinski definition) is 1. The highest BCUT2D eigenvalue weighted by atomic mass is 32.2. The minimum Gasteiger partial charge on any atom is -0.325 e. The molecule has 2 rings (SSSR count). The average molecular weight is 382 g/mol. The molecule has 1 amide bonds. The maximum absolute atomic E-state index is 12.8. The minimum atomic E-state index is -0.370. The first-order chi connectivity index (χ1) is 12.7. The molecule has 0 spiro atoms. The number of aryl methyl sites for hydroxylation is 2. The summed E-state index contributed by atoms with van der Waals surface area (Å²) >= 11 is 1.33. The zero-order valence-corrected chi connectivity index (χ0v) is 17.9. The van der Waals surface area contributed by atoms with Crippen LogP contribution in [0.2, 0.25) is 0 Å². The largest absolute Gasteiger partial charge is 0.325 e. The standard InChI is InChI=1S/C22H27N3OS/c1-12(2)18-10-8-9-13(3)20(18)25-21(26)17(7)27-22-19(11-23)15(5)14(4)16(6)24-22/h8-10,12,17H,1-7H3,(H,25,26)/t17-/m1/s1. The molecule has 1 atom stereocenters. The number of anilines is 1. The van der Waals surface area contributed by atoms with Gasteiger partial charge in [-0.25, -0.2) is 4.98 Å². The number of rotatable bonds is 5. The van der Waals surface area contributed by atoms with Crippen LogP contribution in [0.25, 0.3) is 0 Å². The Balaban J connectivity index is 2.28. The molecule has 0 aliphatic heterocycles. The predicted molar refractivity (Wildman–Crippen MR) is 112 cm³/mol. The van der Waals surface area contributed by atoms with Gasteiger partial charge >= 0.3 is 0 Å². The normalized spacial score (nSPS) is 12.0. The summed E-state index contributed by atoms with van der Waals surface area (Å²) in [6, 6.07) is 8.31. The second-order valence-electron chi connectivity index (χ2n) is 7.18. The van der Waals surface area contributed by atoms with Crippen LogP contribution < -0.4 is 5.32 Å². The molecule has 0 saturated heterocycles. The third-order valence-electron chi connectivity index (χ3n) is 4.91. The van der Waals surface area contributed by atoms with Crippen molar-refractivity contribution in [3.63, 3.8) is 0 Å². The molecule has 4 nitrogen and oxygen atoms in total. The van der Waals surface area contributed by atoms with Gasteiger partial charge in [0, 0.05) is 11.4 Å². The zero-order chi connectivity index (χ0) is 20.3. The van der Waals surface area contributed by atoms with E-state index in [9.17, 15) is 10.1 Å². The number of amides is 1. The summed E-state index contributed by atoms with van der Waals surface area (Å²) in [4.78, 5) is 17.4. The Morgan fingerprint density at radius 3 is 2.41 bits per heavy atom. The molecule has 0 saturated carbocycles. The van der Waals surface area contributed by atoms with Crippen molar-refractivity contribution in [2.24, 2.45) is 0 Å². The van der Waals surface area contributed by atoms with Crippen molar-refractivity contribution in [3.05, 3.63) is 51.7 Å². The average Bonchev–Trinajstić information content (AvgIpc) is 2.61. The van der Waals surface area contributed by atoms with Gasteiger partial charge in [0.2, 0.25) is 5.91 Å². The van der Waals surface area contributed by atoms with Gasteiger partial charge < -0.3 is 5.32 Å². The predicted octanol–water partition coefficient (Wildman–Crippen LogP) is 5.43. The van der Waals surface area contributed by atoms with Gasteiger partial charge in [-0.1, -0.05) is 43.8 Å². The summed E-state index contributed by atoms with van der Waals surface area (Å²) in [5.41, 5.74) is 6.46. The molecule has 142 valence electrons. The van der Waals surface area contributed by atoms with E-state index >= 15 is 0 Å². The Kier molecular flexibility index (Phi) is 6.67. The van der Waals surface area contributed by atoms with Crippen LogP contribution >= 0.6 is 11.8 Å². The number of hydrogen-bond acceptors (Lipinski definition) is 4. The summed E-state index contributed by atoms with van der Waals surface area (Å²) in [5, 5.41) is 12.9. The van der Waals surface area contributed by atoms with E-state index in [-0.39, 0.29) is 11.2 Å². The monoisotopic (exact) mass is 381 g/mol. The van der Waals surface area contributed by atoms with Crippen LogP contribution in [-0.2, 0) is 4.79 Å². The SMILES string of the molecule is Cc1cccc(C(C)C)c1NC(=O)[C@@H](C)Sc1nc(C)c(C)c(C)c1C#N. The van der Waals surface area contributed by atoms with E-state index in [1.807, 2.05) is 52.8 Å². The first-order valence-electron chi connectivity index (χ1n) is 9.12. The fourth-order valence-corrected chi connectivity index (χ4v) is 3.92. The van der Waals surface area contributed by atoms with Crippen LogP contribution in [0.4, 0.5) is 5.69 Å². The number of pyridine rings is 1. The summed E-state index contributed by atoms with van der Waals surface area (Å²) in [6.45, 7) is 13.9. The lowest BCUT2D eigenvalue weighted by atomic mass is 9.98. The molecule has 0 radical (unpaired) electrons. The molecule has 0 aliphatic carbocycles. The molecule has 5 heteroatoms. The Labute approximate surface area is 166 Å². The van der Waals surface area contributed by atoms with Crippen molar-refractivity contribution in [2.45, 2.75) is 64.7 Å². The lowest BCUT2D eigenvalue weighted by Gasteiger charge is -2.19. The Hall–Kier alpha value is -2.32. The second-order valence-corrected chi connectivity index (χ2v) is 8.51. The second kappa shape index (κ2) is 8.58. The highest BCUT2D eigenvalue weighted by Crippen LogP contribution is 2.31. The molecule has 0 aliphatic rings. The maximum Gasteiger partial charge on any atom is 0.237 e. The molecule has 0 fully saturated rings. The van der Waals surface area contributed by atoms with Gasteiger partial charge in [-0.05, 0) is 62.8 Å². The number of para-hydroxylation sites is 1. The third kappa shape index (κ3) is 4.51. The highest BCUT2D eigenvalue weighted by molar-refractivity contribution is 8.00. The van der Waals surface area contributed by atoms with Crippen LogP contribution in [-0.4, -0.2) is 16.1 Å². The fourth-order valence-electron chi connectivity index (χ4n) is 2.92. The quantitative estimate of drug-likeness (QED) is 0.701. The molecule has 1 heterocycles. The lowest BCUT2D eigenvalue weighted by molar-refractivity contribution is -0.115. The van der Waals surface area contributed by atoms with Gasteiger partial charge in [-0.2, -0.15) is 5.26 Å². The zero-order valence-electron chi connectivity index (χ0n) is 17.1. The van der Waals surface area contributed by atoms with Gasteiger partial charge in [0.05, 0.1) is 10.8 Å². The fraction of sp³-hybridized carbons (Fsp3) is 0.409. The summed E-state index contributed by atoms with van der Waals surface area (Å²) in [6.07, 6.45) is 0. The smallest absolute Gasteiger partial charge is 0.237 e. The number of nitrogens with zero attached hydrogens (tertiary/aromatic N) is 2. The molecule has 1 N–H and O–H groups in total. The van der Waals surface area contributed by atoms with Crippen molar-refractivity contribution in [3.8, 4) is 6.07 Å². The number of benzene rings is 1. The van der Waals surface area contributed by atoms with Crippen LogP contribution in [0.5, 0.6) is 0 Å². The summed E-state index contributed by atoms with van der Waals surface area (Å²) in [5.74, 6) is 0.232. The molecule has 27 heavy (non-hydrogen) atoms. The van der Waals surface area contributed by atoms with E-state index in [4.69, 9.17) is 0 Å². The topological polar surface area (TPSA) is 65.8 Å². The van der Waals surface area contributed by atoms with E-state index in [0.29, 0.717) is 16.5 Å². The van der Waals surface area contributed by atoms with Gasteiger partial charge in [-0.3, -0.25) is 4.79 Å². The minimum absolute atomic E-state index is 0.0854. The van der Waals surface area contributed by atoms with Gasteiger partial charge in [0.15, 0.2) is 0 Å². The van der Waals surface area contributed by atoms with E-state index in [0.717, 1.165) is 33.6 Å². The molecule has 2 aromatic rings. The van der Waals surface area contributed by atoms with Crippen molar-refractivity contribution >= 4 is 23.4 Å². The number of aromatic nitrogens is 1. The molecule has 1 aromatic heterocycles. The third-order valence-corrected chi connectivity index (χ3v) is 5.99. The number of thioether (sulfide) groups is 1. The molecule has 1 aromatic carbocycles. The number of nitrogens with one attached hydrogen (secondary N) is 1. The van der Waals surface area contributed by atoms with E-state index in [1.54, 1.807) is 0 Å². The van der Waals surface area contributed by atoms with Gasteiger partial charge in [0.25, 0.3) is 0 Å². The maximum atomic E-state index is 12.8.